The second-order valence-electron chi connectivity index (χ2n) is 8.65. The molecule has 0 radical (unpaired) electrons. The number of ether oxygens (including phenoxy) is 1. The highest BCUT2D eigenvalue weighted by molar-refractivity contribution is 7.92. The van der Waals surface area contributed by atoms with Gasteiger partial charge in [-0.3, -0.25) is 13.9 Å². The molecule has 1 atom stereocenters. The largest absolute Gasteiger partial charge is 0.497 e. The number of hydrogen-bond donors (Lipinski definition) is 1. The van der Waals surface area contributed by atoms with E-state index in [0.717, 1.165) is 27.6 Å². The first-order valence-electron chi connectivity index (χ1n) is 12.1. The van der Waals surface area contributed by atoms with Crippen molar-refractivity contribution in [1.82, 2.24) is 10.2 Å². The molecular weight excluding hydrogens is 509 g/mol. The van der Waals surface area contributed by atoms with Crippen molar-refractivity contribution in [3.8, 4) is 5.75 Å². The van der Waals surface area contributed by atoms with E-state index in [-0.39, 0.29) is 23.0 Å². The van der Waals surface area contributed by atoms with Crippen LogP contribution >= 0.6 is 0 Å². The van der Waals surface area contributed by atoms with Crippen LogP contribution in [0.15, 0.2) is 77.7 Å². The van der Waals surface area contributed by atoms with Crippen molar-refractivity contribution in [2.45, 2.75) is 37.8 Å². The topological polar surface area (TPSA) is 96.0 Å². The van der Waals surface area contributed by atoms with Gasteiger partial charge >= 0.3 is 0 Å². The van der Waals surface area contributed by atoms with Gasteiger partial charge in [-0.15, -0.1) is 0 Å². The van der Waals surface area contributed by atoms with Crippen molar-refractivity contribution in [3.05, 3.63) is 89.7 Å². The highest BCUT2D eigenvalue weighted by Gasteiger charge is 2.33. The normalized spacial score (nSPS) is 11.9. The van der Waals surface area contributed by atoms with Gasteiger partial charge in [-0.05, 0) is 73.0 Å². The molecule has 3 aromatic carbocycles. The number of anilines is 1. The smallest absolute Gasteiger partial charge is 0.264 e. The number of benzene rings is 3. The van der Waals surface area contributed by atoms with Gasteiger partial charge in [0.25, 0.3) is 10.0 Å². The van der Waals surface area contributed by atoms with Crippen LogP contribution in [-0.4, -0.2) is 51.9 Å². The van der Waals surface area contributed by atoms with E-state index in [1.807, 2.05) is 31.2 Å². The molecule has 0 aromatic heterocycles. The standard InChI is InChI=1S/C28H32FN3O5S/c1-5-26(28(34)30-3)31(18-21-9-7-6-8-20(21)2)27(33)19-32(23-12-10-22(29)11-13-23)38(35,36)25-16-14-24(37-4)15-17-25/h6-17,26H,5,18-19H2,1-4H3,(H,30,34)/t26-/m1/s1. The number of carbonyl (C=O) groups excluding carboxylic acids is 2. The van der Waals surface area contributed by atoms with Crippen LogP contribution in [0.4, 0.5) is 10.1 Å². The van der Waals surface area contributed by atoms with Crippen LogP contribution in [0, 0.1) is 12.7 Å². The SMILES string of the molecule is CC[C@H](C(=O)NC)N(Cc1ccccc1C)C(=O)CN(c1ccc(F)cc1)S(=O)(=O)c1ccc(OC)cc1. The predicted octanol–water partition coefficient (Wildman–Crippen LogP) is 3.89. The van der Waals surface area contributed by atoms with E-state index < -0.39 is 34.3 Å². The molecule has 0 aliphatic carbocycles. The molecule has 8 nitrogen and oxygen atoms in total. The molecule has 0 spiro atoms. The quantitative estimate of drug-likeness (QED) is 0.397. The van der Waals surface area contributed by atoms with E-state index in [1.165, 1.54) is 55.5 Å². The maximum atomic E-state index is 13.9. The lowest BCUT2D eigenvalue weighted by Gasteiger charge is -2.33. The molecular formula is C28H32FN3O5S. The summed E-state index contributed by atoms with van der Waals surface area (Å²) in [4.78, 5) is 27.9. The highest BCUT2D eigenvalue weighted by Crippen LogP contribution is 2.26. The van der Waals surface area contributed by atoms with Gasteiger partial charge in [0.2, 0.25) is 11.8 Å². The number of halogens is 1. The predicted molar refractivity (Wildman–Crippen MR) is 144 cm³/mol. The number of methoxy groups -OCH3 is 1. The van der Waals surface area contributed by atoms with Crippen LogP contribution in [0.25, 0.3) is 0 Å². The van der Waals surface area contributed by atoms with E-state index in [9.17, 15) is 22.4 Å². The van der Waals surface area contributed by atoms with E-state index in [1.54, 1.807) is 6.92 Å². The highest BCUT2D eigenvalue weighted by atomic mass is 32.2. The monoisotopic (exact) mass is 541 g/mol. The first kappa shape index (κ1) is 28.6. The summed E-state index contributed by atoms with van der Waals surface area (Å²) in [7, 11) is -1.30. The van der Waals surface area contributed by atoms with Gasteiger partial charge in [-0.1, -0.05) is 31.2 Å². The van der Waals surface area contributed by atoms with Crippen LogP contribution in [0.2, 0.25) is 0 Å². The zero-order valence-corrected chi connectivity index (χ0v) is 22.7. The number of aryl methyl sites for hydroxylation is 1. The first-order valence-corrected chi connectivity index (χ1v) is 13.5. The van der Waals surface area contributed by atoms with Crippen molar-refractivity contribution >= 4 is 27.5 Å². The maximum absolute atomic E-state index is 13.9. The lowest BCUT2D eigenvalue weighted by molar-refractivity contribution is -0.140. The summed E-state index contributed by atoms with van der Waals surface area (Å²) in [5, 5.41) is 2.59. The Labute approximate surface area is 223 Å². The minimum atomic E-state index is -4.25. The van der Waals surface area contributed by atoms with E-state index in [2.05, 4.69) is 5.32 Å². The van der Waals surface area contributed by atoms with Crippen LogP contribution in [0.5, 0.6) is 5.75 Å². The number of likely N-dealkylation sites (N-methyl/N-ethyl adjacent to an activating group) is 1. The Morgan fingerprint density at radius 1 is 1.00 bits per heavy atom. The minimum absolute atomic E-state index is 0.0702. The molecule has 202 valence electrons. The molecule has 10 heteroatoms. The van der Waals surface area contributed by atoms with Gasteiger partial charge < -0.3 is 15.0 Å². The van der Waals surface area contributed by atoms with Crippen LogP contribution in [-0.2, 0) is 26.2 Å². The number of carbonyl (C=O) groups is 2. The first-order chi connectivity index (χ1) is 18.1. The third-order valence-corrected chi connectivity index (χ3v) is 8.06. The molecule has 38 heavy (non-hydrogen) atoms. The van der Waals surface area contributed by atoms with Gasteiger partial charge in [0.05, 0.1) is 17.7 Å². The third kappa shape index (κ3) is 6.49. The van der Waals surface area contributed by atoms with Crippen LogP contribution < -0.4 is 14.4 Å². The number of amides is 2. The summed E-state index contributed by atoms with van der Waals surface area (Å²) in [6.45, 7) is 3.19. The number of hydrogen-bond acceptors (Lipinski definition) is 5. The Morgan fingerprint density at radius 3 is 2.18 bits per heavy atom. The number of rotatable bonds is 11. The molecule has 0 saturated carbocycles. The molecule has 0 fully saturated rings. The average Bonchev–Trinajstić information content (AvgIpc) is 2.92. The summed E-state index contributed by atoms with van der Waals surface area (Å²) < 4.78 is 47.3. The summed E-state index contributed by atoms with van der Waals surface area (Å²) in [5.41, 5.74) is 1.87. The molecule has 1 N–H and O–H groups in total. The molecule has 0 bridgehead atoms. The zero-order chi connectivity index (χ0) is 27.9. The summed E-state index contributed by atoms with van der Waals surface area (Å²) in [6.07, 6.45) is 0.319. The van der Waals surface area contributed by atoms with E-state index >= 15 is 0 Å². The van der Waals surface area contributed by atoms with E-state index in [4.69, 9.17) is 4.74 Å². The number of nitrogens with zero attached hydrogens (tertiary/aromatic N) is 2. The molecule has 0 heterocycles. The lowest BCUT2D eigenvalue weighted by atomic mass is 10.1. The van der Waals surface area contributed by atoms with Gasteiger partial charge in [0.1, 0.15) is 24.2 Å². The van der Waals surface area contributed by atoms with Gasteiger partial charge in [-0.25, -0.2) is 12.8 Å². The fraction of sp³-hybridized carbons (Fsp3) is 0.286. The second kappa shape index (κ2) is 12.6. The zero-order valence-electron chi connectivity index (χ0n) is 21.8. The molecule has 0 saturated heterocycles. The number of sulfonamides is 1. The average molecular weight is 542 g/mol. The Balaban J connectivity index is 2.06. The summed E-state index contributed by atoms with van der Waals surface area (Å²) in [5.74, 6) is -1.02. The molecule has 0 aliphatic heterocycles. The van der Waals surface area contributed by atoms with Gasteiger partial charge in [-0.2, -0.15) is 0 Å². The molecule has 2 amide bonds. The molecule has 0 aliphatic rings. The van der Waals surface area contributed by atoms with Crippen LogP contribution in [0.3, 0.4) is 0 Å². The molecule has 3 aromatic rings. The fourth-order valence-corrected chi connectivity index (χ4v) is 5.48. The molecule has 0 unspecified atom stereocenters. The van der Waals surface area contributed by atoms with E-state index in [0.29, 0.717) is 12.2 Å². The van der Waals surface area contributed by atoms with Crippen molar-refractivity contribution in [3.63, 3.8) is 0 Å². The summed E-state index contributed by atoms with van der Waals surface area (Å²) >= 11 is 0. The van der Waals surface area contributed by atoms with Gasteiger partial charge in [0, 0.05) is 13.6 Å². The van der Waals surface area contributed by atoms with Gasteiger partial charge in [0.15, 0.2) is 0 Å². The van der Waals surface area contributed by atoms with Crippen molar-refractivity contribution in [2.24, 2.45) is 0 Å². The Morgan fingerprint density at radius 2 is 1.63 bits per heavy atom. The van der Waals surface area contributed by atoms with Crippen molar-refractivity contribution in [1.29, 1.82) is 0 Å². The Bertz CT molecular complexity index is 1360. The second-order valence-corrected chi connectivity index (χ2v) is 10.5. The van der Waals surface area contributed by atoms with Crippen molar-refractivity contribution < 1.29 is 27.1 Å². The minimum Gasteiger partial charge on any atom is -0.497 e. The summed E-state index contributed by atoms with van der Waals surface area (Å²) in [6, 6.07) is 17.2. The Kier molecular flexibility index (Phi) is 9.46. The van der Waals surface area contributed by atoms with Crippen molar-refractivity contribution in [2.75, 3.05) is 25.0 Å². The Hall–Kier alpha value is -3.92. The maximum Gasteiger partial charge on any atom is 0.264 e. The molecule has 3 rings (SSSR count). The van der Waals surface area contributed by atoms with Crippen LogP contribution in [0.1, 0.15) is 24.5 Å². The number of nitrogens with one attached hydrogen (secondary N) is 1. The fourth-order valence-electron chi connectivity index (χ4n) is 4.07. The third-order valence-electron chi connectivity index (χ3n) is 6.28. The lowest BCUT2D eigenvalue weighted by Crippen LogP contribution is -2.51.